The third kappa shape index (κ3) is 14.9. The Labute approximate surface area is 146 Å². The van der Waals surface area contributed by atoms with Crippen LogP contribution in [0, 0.1) is 10.1 Å². The minimum Gasteiger partial charge on any atom is -0.303 e. The molecule has 0 aromatic carbocycles. The van der Waals surface area contributed by atoms with Crippen molar-refractivity contribution < 1.29 is 9.72 Å². The second-order valence-corrected chi connectivity index (χ2v) is 5.64. The molecule has 0 rings (SSSR count). The van der Waals surface area contributed by atoms with Crippen LogP contribution in [0.2, 0.25) is 0 Å². The van der Waals surface area contributed by atoms with Crippen LogP contribution >= 0.6 is 0 Å². The minimum absolute atomic E-state index is 0.232. The van der Waals surface area contributed by atoms with Gasteiger partial charge in [0.05, 0.1) is 11.3 Å². The van der Waals surface area contributed by atoms with Gasteiger partial charge in [-0.1, -0.05) is 56.2 Å². The zero-order chi connectivity index (χ0) is 17.9. The third-order valence-corrected chi connectivity index (χ3v) is 3.49. The van der Waals surface area contributed by atoms with E-state index in [-0.39, 0.29) is 10.6 Å². The van der Waals surface area contributed by atoms with Crippen LogP contribution in [-0.2, 0) is 4.79 Å². The molecule has 0 amide bonds. The summed E-state index contributed by atoms with van der Waals surface area (Å²) in [5.74, 6) is 0. The number of nitrogens with zero attached hydrogens (tertiary/aromatic N) is 1. The summed E-state index contributed by atoms with van der Waals surface area (Å²) in [4.78, 5) is 20.8. The van der Waals surface area contributed by atoms with Crippen LogP contribution in [-0.4, -0.2) is 11.2 Å². The Bertz CT molecular complexity index is 448. The molecule has 24 heavy (non-hydrogen) atoms. The maximum atomic E-state index is 11.0. The topological polar surface area (TPSA) is 60.2 Å². The number of unbranched alkanes of at least 4 members (excludes halogenated alkanes) is 5. The van der Waals surface area contributed by atoms with E-state index in [9.17, 15) is 14.9 Å². The molecule has 0 spiro atoms. The number of nitro groups is 1. The molecular formula is C20H31NO3. The highest BCUT2D eigenvalue weighted by Crippen LogP contribution is 2.07. The van der Waals surface area contributed by atoms with Crippen LogP contribution < -0.4 is 0 Å². The van der Waals surface area contributed by atoms with Crippen molar-refractivity contribution in [2.24, 2.45) is 0 Å². The molecule has 0 saturated heterocycles. The van der Waals surface area contributed by atoms with E-state index in [0.29, 0.717) is 19.3 Å². The van der Waals surface area contributed by atoms with Gasteiger partial charge in [0.2, 0.25) is 5.70 Å². The molecule has 0 aromatic rings. The van der Waals surface area contributed by atoms with Crippen LogP contribution in [0.25, 0.3) is 0 Å². The van der Waals surface area contributed by atoms with E-state index in [1.165, 1.54) is 19.3 Å². The Balaban J connectivity index is 4.02. The lowest BCUT2D eigenvalue weighted by molar-refractivity contribution is -0.427. The summed E-state index contributed by atoms with van der Waals surface area (Å²) in [7, 11) is 0. The quantitative estimate of drug-likeness (QED) is 0.123. The van der Waals surface area contributed by atoms with Gasteiger partial charge in [0.15, 0.2) is 0 Å². The molecule has 0 aliphatic rings. The maximum Gasteiger partial charge on any atom is 0.246 e. The lowest BCUT2D eigenvalue weighted by atomic mass is 10.2. The molecular weight excluding hydrogens is 302 g/mol. The van der Waals surface area contributed by atoms with Crippen LogP contribution in [0.15, 0.2) is 48.2 Å². The van der Waals surface area contributed by atoms with Crippen molar-refractivity contribution in [1.82, 2.24) is 0 Å². The van der Waals surface area contributed by atoms with Gasteiger partial charge >= 0.3 is 0 Å². The summed E-state index contributed by atoms with van der Waals surface area (Å²) in [6.45, 7) is 2.19. The molecule has 0 fully saturated rings. The first-order chi connectivity index (χ1) is 11.7. The molecule has 0 aliphatic carbocycles. The second-order valence-electron chi connectivity index (χ2n) is 5.64. The molecule has 0 N–H and O–H groups in total. The van der Waals surface area contributed by atoms with Gasteiger partial charge in [-0.3, -0.25) is 10.1 Å². The SMILES string of the molecule is CCCCC/C=C/C/C=C/C/C(=C/C/C=C/CCCC=O)[N+](=O)[O-]. The summed E-state index contributed by atoms with van der Waals surface area (Å²) in [5, 5.41) is 11.0. The minimum atomic E-state index is -0.314. The monoisotopic (exact) mass is 333 g/mol. The number of carbonyl (C=O) groups excluding carboxylic acids is 1. The number of carbonyl (C=O) groups is 1. The molecule has 0 aromatic heterocycles. The largest absolute Gasteiger partial charge is 0.303 e. The fraction of sp³-hybridized carbons (Fsp3) is 0.550. The molecule has 0 unspecified atom stereocenters. The highest BCUT2D eigenvalue weighted by Gasteiger charge is 2.06. The van der Waals surface area contributed by atoms with E-state index < -0.39 is 0 Å². The average molecular weight is 333 g/mol. The maximum absolute atomic E-state index is 11.0. The molecule has 4 nitrogen and oxygen atoms in total. The molecule has 0 radical (unpaired) electrons. The van der Waals surface area contributed by atoms with Gasteiger partial charge in [-0.2, -0.15) is 0 Å². The summed E-state index contributed by atoms with van der Waals surface area (Å²) >= 11 is 0. The third-order valence-electron chi connectivity index (χ3n) is 3.49. The Morgan fingerprint density at radius 2 is 1.54 bits per heavy atom. The van der Waals surface area contributed by atoms with Crippen molar-refractivity contribution >= 4 is 6.29 Å². The summed E-state index contributed by atoms with van der Waals surface area (Å²) in [6.07, 6.45) is 23.4. The van der Waals surface area contributed by atoms with Crippen LogP contribution in [0.4, 0.5) is 0 Å². The molecule has 4 heteroatoms. The van der Waals surface area contributed by atoms with Gasteiger partial charge in [0.1, 0.15) is 6.29 Å². The highest BCUT2D eigenvalue weighted by molar-refractivity contribution is 5.49. The molecule has 134 valence electrons. The fourth-order valence-electron chi connectivity index (χ4n) is 2.07. The van der Waals surface area contributed by atoms with E-state index in [1.54, 1.807) is 6.08 Å². The Morgan fingerprint density at radius 1 is 0.875 bits per heavy atom. The Kier molecular flexibility index (Phi) is 16.0. The van der Waals surface area contributed by atoms with Gasteiger partial charge in [-0.05, 0) is 44.6 Å². The fourth-order valence-corrected chi connectivity index (χ4v) is 2.07. The molecule has 0 heterocycles. The first-order valence-corrected chi connectivity index (χ1v) is 8.94. The lowest BCUT2D eigenvalue weighted by Gasteiger charge is -1.94. The van der Waals surface area contributed by atoms with E-state index in [1.807, 2.05) is 24.3 Å². The van der Waals surface area contributed by atoms with Crippen LogP contribution in [0.1, 0.15) is 71.1 Å². The van der Waals surface area contributed by atoms with E-state index >= 15 is 0 Å². The number of aldehydes is 1. The number of hydrogen-bond donors (Lipinski definition) is 0. The van der Waals surface area contributed by atoms with Crippen molar-refractivity contribution in [2.45, 2.75) is 71.1 Å². The highest BCUT2D eigenvalue weighted by atomic mass is 16.6. The Morgan fingerprint density at radius 3 is 2.21 bits per heavy atom. The van der Waals surface area contributed by atoms with Gasteiger partial charge in [0, 0.05) is 6.42 Å². The first-order valence-electron chi connectivity index (χ1n) is 8.94. The number of hydrogen-bond acceptors (Lipinski definition) is 3. The Hall–Kier alpha value is -1.97. The predicted molar refractivity (Wildman–Crippen MR) is 100 cm³/mol. The average Bonchev–Trinajstić information content (AvgIpc) is 2.57. The van der Waals surface area contributed by atoms with Gasteiger partial charge in [-0.25, -0.2) is 0 Å². The normalized spacial score (nSPS) is 12.6. The molecule has 0 saturated carbocycles. The summed E-state index contributed by atoms with van der Waals surface area (Å²) in [5.41, 5.74) is 0.232. The number of allylic oxidation sites excluding steroid dienone is 7. The standard InChI is InChI=1S/C20H31NO3/c1-2-3-4-5-6-7-8-11-14-17-20(21(23)24)18-15-12-9-10-13-16-19-22/h6-7,9,11-12,14,18-19H,2-5,8,10,13,15-17H2,1H3/b7-6+,12-9+,14-11+,20-18-. The zero-order valence-electron chi connectivity index (χ0n) is 14.9. The second kappa shape index (κ2) is 17.4. The molecule has 0 bridgehead atoms. The predicted octanol–water partition coefficient (Wildman–Crippen LogP) is 5.94. The lowest BCUT2D eigenvalue weighted by Crippen LogP contribution is -1.97. The van der Waals surface area contributed by atoms with Crippen molar-refractivity contribution in [1.29, 1.82) is 0 Å². The van der Waals surface area contributed by atoms with Crippen molar-refractivity contribution in [3.8, 4) is 0 Å². The van der Waals surface area contributed by atoms with Gasteiger partial charge in [0.25, 0.3) is 0 Å². The van der Waals surface area contributed by atoms with Gasteiger partial charge in [-0.15, -0.1) is 0 Å². The summed E-state index contributed by atoms with van der Waals surface area (Å²) in [6, 6.07) is 0. The first kappa shape index (κ1) is 22.0. The van der Waals surface area contributed by atoms with Crippen molar-refractivity contribution in [3.63, 3.8) is 0 Å². The van der Waals surface area contributed by atoms with E-state index in [2.05, 4.69) is 19.1 Å². The van der Waals surface area contributed by atoms with Crippen LogP contribution in [0.3, 0.4) is 0 Å². The van der Waals surface area contributed by atoms with Gasteiger partial charge < -0.3 is 4.79 Å². The van der Waals surface area contributed by atoms with E-state index in [0.717, 1.165) is 32.0 Å². The summed E-state index contributed by atoms with van der Waals surface area (Å²) < 4.78 is 0. The van der Waals surface area contributed by atoms with Crippen LogP contribution in [0.5, 0.6) is 0 Å². The number of rotatable bonds is 15. The smallest absolute Gasteiger partial charge is 0.246 e. The van der Waals surface area contributed by atoms with E-state index in [4.69, 9.17) is 0 Å². The zero-order valence-corrected chi connectivity index (χ0v) is 14.9. The van der Waals surface area contributed by atoms with Crippen molar-refractivity contribution in [2.75, 3.05) is 0 Å². The molecule has 0 atom stereocenters. The molecule has 0 aliphatic heterocycles. The van der Waals surface area contributed by atoms with Crippen molar-refractivity contribution in [3.05, 3.63) is 58.3 Å².